The van der Waals surface area contributed by atoms with Gasteiger partial charge < -0.3 is 15.4 Å². The maximum atomic E-state index is 14.0. The Bertz CT molecular complexity index is 1450. The van der Waals surface area contributed by atoms with Gasteiger partial charge in [0.2, 0.25) is 0 Å². The first-order chi connectivity index (χ1) is 20.4. The molecule has 0 amide bonds. The number of likely N-dealkylation sites (N-methyl/N-ethyl adjacent to an activating group) is 1. The molecule has 2 N–H and O–H groups in total. The quantitative estimate of drug-likeness (QED) is 0.348. The largest absolute Gasteiger partial charge is 0.416 e. The number of alkyl halides is 3. The molecule has 3 aromatic heterocycles. The van der Waals surface area contributed by atoms with Crippen LogP contribution in [-0.2, 0) is 17.5 Å². The number of hydrogen-bond acceptors (Lipinski definition) is 7. The van der Waals surface area contributed by atoms with Crippen molar-refractivity contribution >= 4 is 12.4 Å². The van der Waals surface area contributed by atoms with Gasteiger partial charge in [-0.15, -0.1) is 0 Å². The Hall–Kier alpha value is -4.11. The summed E-state index contributed by atoms with van der Waals surface area (Å²) in [5.41, 5.74) is 7.06. The average Bonchev–Trinajstić information content (AvgIpc) is 3.46. The summed E-state index contributed by atoms with van der Waals surface area (Å²) < 4.78 is 43.8. The van der Waals surface area contributed by atoms with E-state index in [9.17, 15) is 13.2 Å². The summed E-state index contributed by atoms with van der Waals surface area (Å²) >= 11 is 0. The van der Waals surface area contributed by atoms with Crippen molar-refractivity contribution in [1.29, 1.82) is 0 Å². The number of rotatable bonds is 4. The molecule has 8 nitrogen and oxygen atoms in total. The molecule has 0 radical (unpaired) electrons. The second-order valence-corrected chi connectivity index (χ2v) is 8.71. The van der Waals surface area contributed by atoms with Crippen molar-refractivity contribution < 1.29 is 18.0 Å². The van der Waals surface area contributed by atoms with Gasteiger partial charge in [-0.05, 0) is 49.3 Å². The van der Waals surface area contributed by atoms with Gasteiger partial charge in [-0.25, -0.2) is 9.97 Å². The lowest BCUT2D eigenvalue weighted by molar-refractivity contribution is -0.138. The Labute approximate surface area is 245 Å². The van der Waals surface area contributed by atoms with E-state index in [0.717, 1.165) is 38.4 Å². The van der Waals surface area contributed by atoms with Crippen LogP contribution in [0.1, 0.15) is 43.2 Å². The predicted molar refractivity (Wildman–Crippen MR) is 160 cm³/mol. The fourth-order valence-corrected chi connectivity index (χ4v) is 4.37. The van der Waals surface area contributed by atoms with E-state index >= 15 is 0 Å². The normalized spacial score (nSPS) is 13.3. The van der Waals surface area contributed by atoms with E-state index in [2.05, 4.69) is 49.3 Å². The van der Waals surface area contributed by atoms with Crippen molar-refractivity contribution in [3.63, 3.8) is 0 Å². The van der Waals surface area contributed by atoms with Crippen molar-refractivity contribution in [2.75, 3.05) is 39.8 Å². The molecule has 4 heterocycles. The summed E-state index contributed by atoms with van der Waals surface area (Å²) in [5, 5.41) is 0. The molecular weight excluding hydrogens is 543 g/mol. The molecule has 4 aromatic rings. The summed E-state index contributed by atoms with van der Waals surface area (Å²) in [6.45, 7) is 12.6. The third-order valence-electron chi connectivity index (χ3n) is 6.43. The highest BCUT2D eigenvalue weighted by Gasteiger charge is 2.34. The number of fused-ring (bicyclic) bond motifs is 1. The Kier molecular flexibility index (Phi) is 13.8. The van der Waals surface area contributed by atoms with Gasteiger partial charge in [0.1, 0.15) is 24.5 Å². The number of hydrogen-bond donors (Lipinski definition) is 1. The van der Waals surface area contributed by atoms with Gasteiger partial charge in [0, 0.05) is 56.2 Å². The predicted octanol–water partition coefficient (Wildman–Crippen LogP) is 4.76. The molecular formula is C31H38F3N7O. The molecule has 1 fully saturated rings. The monoisotopic (exact) mass is 581 g/mol. The third kappa shape index (κ3) is 8.94. The van der Waals surface area contributed by atoms with E-state index in [-0.39, 0.29) is 12.1 Å². The van der Waals surface area contributed by atoms with Crippen molar-refractivity contribution in [2.24, 2.45) is 5.73 Å². The molecule has 0 spiro atoms. The SMILES string of the molecule is C=O.CC.CCN1CCN(Cc2ccc(-c3cc(C#Cc4cnc5ccncn45)ccn3)cc2C(F)(F)F)CC1.CN. The van der Waals surface area contributed by atoms with E-state index in [4.69, 9.17) is 4.79 Å². The fourth-order valence-electron chi connectivity index (χ4n) is 4.37. The summed E-state index contributed by atoms with van der Waals surface area (Å²) in [6.07, 6.45) is 2.05. The van der Waals surface area contributed by atoms with E-state index in [0.29, 0.717) is 22.5 Å². The Morgan fingerprint density at radius 1 is 0.929 bits per heavy atom. The lowest BCUT2D eigenvalue weighted by atomic mass is 10.00. The van der Waals surface area contributed by atoms with Crippen LogP contribution in [0.15, 0.2) is 61.3 Å². The minimum Gasteiger partial charge on any atom is -0.333 e. The molecule has 0 bridgehead atoms. The first-order valence-electron chi connectivity index (χ1n) is 13.7. The number of aromatic nitrogens is 4. The van der Waals surface area contributed by atoms with Crippen LogP contribution in [-0.4, -0.2) is 75.7 Å². The number of pyridine rings is 1. The Morgan fingerprint density at radius 3 is 2.29 bits per heavy atom. The number of piperazine rings is 1. The van der Waals surface area contributed by atoms with Crippen LogP contribution in [0.5, 0.6) is 0 Å². The number of imidazole rings is 1. The number of benzene rings is 1. The number of carbonyl (C=O) groups excluding carboxylic acids is 1. The van der Waals surface area contributed by atoms with Crippen LogP contribution in [0.4, 0.5) is 13.2 Å². The standard InChI is InChI=1S/C27H25F3N6.C2H6.CH5N.CH2O/c1-2-34-11-13-35(14-12-34)18-22-5-4-21(16-24(22)27(28,29)30)25-15-20(7-10-32-25)3-6-23-17-33-26-8-9-31-19-36(23)26;3*1-2/h4-5,7-10,15-17,19H,2,11-14,18H2,1H3;1-2H3;2H2,1H3;1H2. The maximum Gasteiger partial charge on any atom is 0.416 e. The number of nitrogens with zero attached hydrogens (tertiary/aromatic N) is 6. The van der Waals surface area contributed by atoms with Gasteiger partial charge in [0.15, 0.2) is 0 Å². The van der Waals surface area contributed by atoms with Gasteiger partial charge in [-0.2, -0.15) is 13.2 Å². The van der Waals surface area contributed by atoms with Gasteiger partial charge in [-0.1, -0.05) is 38.8 Å². The molecule has 11 heteroatoms. The summed E-state index contributed by atoms with van der Waals surface area (Å²) in [7, 11) is 1.50. The Balaban J connectivity index is 0.000000966. The molecule has 1 aliphatic heterocycles. The molecule has 1 saturated heterocycles. The molecule has 224 valence electrons. The molecule has 0 unspecified atom stereocenters. The molecule has 5 rings (SSSR count). The third-order valence-corrected chi connectivity index (χ3v) is 6.43. The maximum absolute atomic E-state index is 14.0. The molecule has 1 aliphatic rings. The lowest BCUT2D eigenvalue weighted by Crippen LogP contribution is -2.45. The van der Waals surface area contributed by atoms with Crippen molar-refractivity contribution in [2.45, 2.75) is 33.5 Å². The van der Waals surface area contributed by atoms with Gasteiger partial charge in [-0.3, -0.25) is 14.3 Å². The number of halogens is 3. The zero-order chi connectivity index (χ0) is 31.1. The van der Waals surface area contributed by atoms with Crippen LogP contribution in [0.2, 0.25) is 0 Å². The second kappa shape index (κ2) is 17.0. The average molecular weight is 582 g/mol. The van der Waals surface area contributed by atoms with E-state index < -0.39 is 11.7 Å². The highest BCUT2D eigenvalue weighted by molar-refractivity contribution is 5.63. The highest BCUT2D eigenvalue weighted by atomic mass is 19.4. The molecule has 42 heavy (non-hydrogen) atoms. The van der Waals surface area contributed by atoms with Gasteiger partial charge in [0.05, 0.1) is 17.5 Å². The molecule has 0 atom stereocenters. The minimum absolute atomic E-state index is 0.278. The topological polar surface area (TPSA) is 92.7 Å². The van der Waals surface area contributed by atoms with Gasteiger partial charge >= 0.3 is 6.18 Å². The van der Waals surface area contributed by atoms with Crippen LogP contribution in [0.25, 0.3) is 16.9 Å². The van der Waals surface area contributed by atoms with Crippen LogP contribution >= 0.6 is 0 Å². The fraction of sp³-hybridized carbons (Fsp3) is 0.355. The van der Waals surface area contributed by atoms with Crippen LogP contribution in [0.3, 0.4) is 0 Å². The first kappa shape index (κ1) is 34.1. The lowest BCUT2D eigenvalue weighted by Gasteiger charge is -2.34. The number of carbonyl (C=O) groups is 1. The Morgan fingerprint density at radius 2 is 1.62 bits per heavy atom. The van der Waals surface area contributed by atoms with Crippen molar-refractivity contribution in [1.82, 2.24) is 29.2 Å². The van der Waals surface area contributed by atoms with Crippen molar-refractivity contribution in [3.05, 3.63) is 83.7 Å². The summed E-state index contributed by atoms with van der Waals surface area (Å²) in [4.78, 5) is 25.1. The molecule has 0 saturated carbocycles. The first-order valence-corrected chi connectivity index (χ1v) is 13.7. The zero-order valence-electron chi connectivity index (χ0n) is 24.5. The van der Waals surface area contributed by atoms with E-state index in [1.165, 1.54) is 13.1 Å². The highest BCUT2D eigenvalue weighted by Crippen LogP contribution is 2.35. The molecule has 1 aromatic carbocycles. The second-order valence-electron chi connectivity index (χ2n) is 8.71. The van der Waals surface area contributed by atoms with Crippen LogP contribution in [0, 0.1) is 11.8 Å². The van der Waals surface area contributed by atoms with E-state index in [1.807, 2.05) is 20.6 Å². The zero-order valence-corrected chi connectivity index (χ0v) is 24.5. The summed E-state index contributed by atoms with van der Waals surface area (Å²) in [5.74, 6) is 6.11. The van der Waals surface area contributed by atoms with Crippen LogP contribution < -0.4 is 5.73 Å². The number of nitrogens with two attached hydrogens (primary N) is 1. The molecule has 0 aliphatic carbocycles. The summed E-state index contributed by atoms with van der Waals surface area (Å²) in [6, 6.07) is 9.70. The van der Waals surface area contributed by atoms with E-state index in [1.54, 1.807) is 59.7 Å². The van der Waals surface area contributed by atoms with Crippen molar-refractivity contribution in [3.8, 4) is 23.1 Å². The smallest absolute Gasteiger partial charge is 0.333 e. The minimum atomic E-state index is -4.45. The van der Waals surface area contributed by atoms with Gasteiger partial charge in [0.25, 0.3) is 0 Å².